The van der Waals surface area contributed by atoms with E-state index in [9.17, 15) is 31.5 Å². The number of hydrogen-bond acceptors (Lipinski definition) is 5. The number of imide groups is 1. The molecule has 5 rings (SSSR count). The van der Waals surface area contributed by atoms with Crippen LogP contribution in [0.3, 0.4) is 0 Å². The third-order valence-corrected chi connectivity index (χ3v) is 6.02. The predicted molar refractivity (Wildman–Crippen MR) is 117 cm³/mol. The van der Waals surface area contributed by atoms with Gasteiger partial charge in [0.05, 0.1) is 23.0 Å². The molecule has 2 aliphatic rings. The quantitative estimate of drug-likeness (QED) is 0.346. The van der Waals surface area contributed by atoms with Crippen molar-refractivity contribution in [2.45, 2.75) is 24.9 Å². The summed E-state index contributed by atoms with van der Waals surface area (Å²) < 4.78 is 70.5. The summed E-state index contributed by atoms with van der Waals surface area (Å²) in [4.78, 5) is 33.2. The fourth-order valence-corrected chi connectivity index (χ4v) is 4.54. The number of para-hydroxylation sites is 2. The molecule has 2 aliphatic heterocycles. The molecule has 3 aromatic rings. The number of nitrogens with zero attached hydrogens (tertiary/aromatic N) is 2. The number of anilines is 2. The van der Waals surface area contributed by atoms with Crippen LogP contribution < -0.4 is 14.7 Å². The van der Waals surface area contributed by atoms with Gasteiger partial charge in [-0.15, -0.1) is 0 Å². The molecule has 2 saturated heterocycles. The molecule has 2 heterocycles. The molecule has 2 amide bonds. The summed E-state index contributed by atoms with van der Waals surface area (Å²) in [6.07, 6.45) is -6.19. The maximum absolute atomic E-state index is 13.6. The largest absolute Gasteiger partial charge is 0.435 e. The number of rotatable bonds is 5. The zero-order valence-corrected chi connectivity index (χ0v) is 18.2. The Morgan fingerprint density at radius 1 is 0.833 bits per heavy atom. The summed E-state index contributed by atoms with van der Waals surface area (Å²) in [6.45, 7) is -3.04. The monoisotopic (exact) mass is 504 g/mol. The average Bonchev–Trinajstić information content (AvgIpc) is 3.35. The number of amides is 2. The van der Waals surface area contributed by atoms with Crippen molar-refractivity contribution in [3.05, 3.63) is 90.0 Å². The minimum atomic E-state index is -4.80. The second-order valence-electron chi connectivity index (χ2n) is 8.13. The number of carbonyl (C=O) groups excluding carboxylic acids is 2. The third kappa shape index (κ3) is 4.05. The molecular weight excluding hydrogens is 487 g/mol. The molecule has 186 valence electrons. The van der Waals surface area contributed by atoms with Gasteiger partial charge in [-0.2, -0.15) is 22.0 Å². The highest BCUT2D eigenvalue weighted by molar-refractivity contribution is 6.24. The van der Waals surface area contributed by atoms with Crippen molar-refractivity contribution in [2.24, 2.45) is 5.92 Å². The molecule has 0 saturated carbocycles. The molecule has 0 aromatic heterocycles. The Bertz CT molecular complexity index is 1280. The van der Waals surface area contributed by atoms with Gasteiger partial charge in [0.15, 0.2) is 6.10 Å². The van der Waals surface area contributed by atoms with Crippen LogP contribution in [-0.4, -0.2) is 24.5 Å². The van der Waals surface area contributed by atoms with Crippen LogP contribution in [0.25, 0.3) is 0 Å². The molecule has 36 heavy (non-hydrogen) atoms. The smallest absolute Gasteiger partial charge is 0.418 e. The van der Waals surface area contributed by atoms with E-state index in [0.717, 1.165) is 18.2 Å². The topological polar surface area (TPSA) is 59.1 Å². The minimum absolute atomic E-state index is 0.120. The number of carbonyl (C=O) groups is 2. The number of hydrogen-bond donors (Lipinski definition) is 0. The van der Waals surface area contributed by atoms with Crippen LogP contribution in [0.1, 0.15) is 17.2 Å². The lowest BCUT2D eigenvalue weighted by atomic mass is 9.90. The minimum Gasteiger partial charge on any atom is -0.435 e. The fraction of sp³-hybridized carbons (Fsp3) is 0.200. The Hall–Kier alpha value is -3.99. The maximum atomic E-state index is 13.6. The highest BCUT2D eigenvalue weighted by Crippen LogP contribution is 2.49. The zero-order chi connectivity index (χ0) is 25.6. The highest BCUT2D eigenvalue weighted by atomic mass is 19.4. The Morgan fingerprint density at radius 3 is 2.11 bits per heavy atom. The first-order valence-corrected chi connectivity index (χ1v) is 10.8. The van der Waals surface area contributed by atoms with Gasteiger partial charge in [-0.3, -0.25) is 14.4 Å². The molecule has 6 nitrogen and oxygen atoms in total. The Balaban J connectivity index is 1.57. The van der Waals surface area contributed by atoms with Gasteiger partial charge < -0.3 is 4.74 Å². The van der Waals surface area contributed by atoms with Crippen LogP contribution in [0.5, 0.6) is 5.75 Å². The van der Waals surface area contributed by atoms with Gasteiger partial charge >= 0.3 is 12.8 Å². The van der Waals surface area contributed by atoms with Crippen LogP contribution in [0, 0.1) is 5.92 Å². The van der Waals surface area contributed by atoms with Crippen molar-refractivity contribution in [2.75, 3.05) is 9.96 Å². The Kier molecular flexibility index (Phi) is 5.87. The zero-order valence-electron chi connectivity index (χ0n) is 18.2. The van der Waals surface area contributed by atoms with E-state index in [1.807, 2.05) is 0 Å². The van der Waals surface area contributed by atoms with Gasteiger partial charge in [-0.05, 0) is 42.0 Å². The molecule has 3 unspecified atom stereocenters. The molecule has 2 fully saturated rings. The SMILES string of the molecule is O=C1C2ON(c3ccccc3)C(c3ccc(OC(F)F)cc3)C2C(=O)N1c1ccccc1C(F)(F)F. The molecule has 3 atom stereocenters. The van der Waals surface area contributed by atoms with Gasteiger partial charge in [0.25, 0.3) is 5.91 Å². The molecule has 11 heteroatoms. The van der Waals surface area contributed by atoms with Crippen molar-refractivity contribution in [1.29, 1.82) is 0 Å². The summed E-state index contributed by atoms with van der Waals surface area (Å²) >= 11 is 0. The van der Waals surface area contributed by atoms with Crippen LogP contribution in [-0.2, 0) is 20.6 Å². The van der Waals surface area contributed by atoms with Crippen LogP contribution in [0.2, 0.25) is 0 Å². The summed E-state index contributed by atoms with van der Waals surface area (Å²) in [5, 5.41) is 1.35. The van der Waals surface area contributed by atoms with Crippen LogP contribution >= 0.6 is 0 Å². The highest BCUT2D eigenvalue weighted by Gasteiger charge is 2.61. The van der Waals surface area contributed by atoms with E-state index >= 15 is 0 Å². The van der Waals surface area contributed by atoms with Crippen LogP contribution in [0.15, 0.2) is 78.9 Å². The standard InChI is InChI=1S/C25H17F5N2O4/c26-24(27)35-16-12-10-14(11-13-16)20-19-21(36-32(20)15-6-2-1-3-7-15)23(34)31(22(19)33)18-9-5-4-8-17(18)25(28,29)30/h1-13,19-21,24H. The van der Waals surface area contributed by atoms with Gasteiger partial charge in [-0.25, -0.2) is 9.96 Å². The molecule has 0 radical (unpaired) electrons. The average molecular weight is 504 g/mol. The number of fused-ring (bicyclic) bond motifs is 1. The van der Waals surface area contributed by atoms with Gasteiger partial charge in [0.2, 0.25) is 5.91 Å². The maximum Gasteiger partial charge on any atom is 0.418 e. The first-order chi connectivity index (χ1) is 17.2. The Labute approximate surface area is 201 Å². The number of halogens is 5. The normalized spacial score (nSPS) is 21.9. The van der Waals surface area contributed by atoms with Gasteiger partial charge in [-0.1, -0.05) is 42.5 Å². The summed E-state index contributed by atoms with van der Waals surface area (Å²) in [6, 6.07) is 17.3. The number of alkyl halides is 5. The van der Waals surface area contributed by atoms with E-state index < -0.39 is 53.9 Å². The second-order valence-corrected chi connectivity index (χ2v) is 8.13. The predicted octanol–water partition coefficient (Wildman–Crippen LogP) is 5.36. The first-order valence-electron chi connectivity index (χ1n) is 10.8. The van der Waals surface area contributed by atoms with Crippen LogP contribution in [0.4, 0.5) is 33.3 Å². The van der Waals surface area contributed by atoms with Crippen molar-refractivity contribution in [1.82, 2.24) is 0 Å². The first kappa shape index (κ1) is 23.7. The van der Waals surface area contributed by atoms with Gasteiger partial charge in [0.1, 0.15) is 11.7 Å². The lowest BCUT2D eigenvalue weighted by Crippen LogP contribution is -2.38. The molecule has 0 bridgehead atoms. The molecule has 0 N–H and O–H groups in total. The number of hydroxylamine groups is 1. The van der Waals surface area contributed by atoms with E-state index in [-0.39, 0.29) is 5.75 Å². The van der Waals surface area contributed by atoms with E-state index in [1.165, 1.54) is 35.4 Å². The summed E-state index contributed by atoms with van der Waals surface area (Å²) in [5.74, 6) is -3.10. The van der Waals surface area contributed by atoms with Gasteiger partial charge in [0, 0.05) is 0 Å². The summed E-state index contributed by atoms with van der Waals surface area (Å²) in [7, 11) is 0. The summed E-state index contributed by atoms with van der Waals surface area (Å²) in [5.41, 5.74) is -0.798. The van der Waals surface area contributed by atoms with Crippen molar-refractivity contribution in [3.8, 4) is 5.75 Å². The lowest BCUT2D eigenvalue weighted by molar-refractivity contribution is -0.137. The van der Waals surface area contributed by atoms with E-state index in [4.69, 9.17) is 4.84 Å². The van der Waals surface area contributed by atoms with Crippen molar-refractivity contribution in [3.63, 3.8) is 0 Å². The third-order valence-electron chi connectivity index (χ3n) is 6.02. The molecule has 0 spiro atoms. The lowest BCUT2D eigenvalue weighted by Gasteiger charge is -2.29. The number of benzene rings is 3. The molecular formula is C25H17F5N2O4. The fourth-order valence-electron chi connectivity index (χ4n) is 4.54. The molecule has 3 aromatic carbocycles. The van der Waals surface area contributed by atoms with E-state index in [2.05, 4.69) is 4.74 Å². The number of ether oxygens (including phenoxy) is 1. The second kappa shape index (κ2) is 8.90. The Morgan fingerprint density at radius 2 is 1.47 bits per heavy atom. The van der Waals surface area contributed by atoms with E-state index in [0.29, 0.717) is 16.2 Å². The van der Waals surface area contributed by atoms with Crippen molar-refractivity contribution >= 4 is 23.2 Å². The molecule has 0 aliphatic carbocycles. The van der Waals surface area contributed by atoms with E-state index in [1.54, 1.807) is 30.3 Å². The van der Waals surface area contributed by atoms with Crippen molar-refractivity contribution < 1.29 is 41.1 Å².